The Morgan fingerprint density at radius 2 is 2.18 bits per heavy atom. The van der Waals surface area contributed by atoms with Crippen LogP contribution in [-0.2, 0) is 0 Å². The largest absolute Gasteiger partial charge is 0.495 e. The predicted molar refractivity (Wildman–Crippen MR) is 72.1 cm³/mol. The van der Waals surface area contributed by atoms with Crippen molar-refractivity contribution in [3.63, 3.8) is 0 Å². The molecule has 1 saturated heterocycles. The van der Waals surface area contributed by atoms with E-state index in [2.05, 4.69) is 31.3 Å². The number of hydrogen-bond donors (Lipinski definition) is 1. The highest BCUT2D eigenvalue weighted by atomic mass is 35.5. The molecule has 0 aliphatic carbocycles. The van der Waals surface area contributed by atoms with Crippen LogP contribution in [0.25, 0.3) is 0 Å². The van der Waals surface area contributed by atoms with Gasteiger partial charge in [0, 0.05) is 6.04 Å². The van der Waals surface area contributed by atoms with E-state index in [0.29, 0.717) is 17.0 Å². The molecule has 0 bridgehead atoms. The van der Waals surface area contributed by atoms with Crippen LogP contribution >= 0.6 is 11.6 Å². The first-order valence-electron chi connectivity index (χ1n) is 6.24. The van der Waals surface area contributed by atoms with Crippen molar-refractivity contribution in [2.24, 2.45) is 0 Å². The molecule has 0 radical (unpaired) electrons. The minimum atomic E-state index is 0.454. The summed E-state index contributed by atoms with van der Waals surface area (Å²) in [5.74, 6) is 1.26. The third kappa shape index (κ3) is 2.58. The molecule has 2 rings (SSSR count). The molecule has 2 nitrogen and oxygen atoms in total. The smallest absolute Gasteiger partial charge is 0.137 e. The molecule has 1 N–H and O–H groups in total. The van der Waals surface area contributed by atoms with Crippen molar-refractivity contribution in [1.29, 1.82) is 0 Å². The Labute approximate surface area is 108 Å². The van der Waals surface area contributed by atoms with E-state index >= 15 is 0 Å². The van der Waals surface area contributed by atoms with Gasteiger partial charge in [-0.15, -0.1) is 0 Å². The van der Waals surface area contributed by atoms with Gasteiger partial charge >= 0.3 is 0 Å². The first-order chi connectivity index (χ1) is 8.13. The summed E-state index contributed by atoms with van der Waals surface area (Å²) >= 11 is 6.23. The van der Waals surface area contributed by atoms with Crippen LogP contribution in [0.2, 0.25) is 5.02 Å². The molecule has 3 heteroatoms. The van der Waals surface area contributed by atoms with Crippen molar-refractivity contribution >= 4 is 11.6 Å². The highest BCUT2D eigenvalue weighted by Crippen LogP contribution is 2.37. The Hall–Kier alpha value is -0.730. The second kappa shape index (κ2) is 5.28. The summed E-state index contributed by atoms with van der Waals surface area (Å²) in [7, 11) is 1.67. The molecule has 0 spiro atoms. The first kappa shape index (κ1) is 12.7. The quantitative estimate of drug-likeness (QED) is 0.882. The third-order valence-electron chi connectivity index (χ3n) is 3.42. The average Bonchev–Trinajstić information content (AvgIpc) is 2.81. The molecule has 0 amide bonds. The average molecular weight is 254 g/mol. The lowest BCUT2D eigenvalue weighted by molar-refractivity contribution is 0.413. The lowest BCUT2D eigenvalue weighted by atomic mass is 9.92. The molecule has 94 valence electrons. The van der Waals surface area contributed by atoms with E-state index in [1.165, 1.54) is 24.0 Å². The van der Waals surface area contributed by atoms with E-state index in [1.54, 1.807) is 7.11 Å². The summed E-state index contributed by atoms with van der Waals surface area (Å²) in [4.78, 5) is 0. The first-order valence-corrected chi connectivity index (χ1v) is 6.62. The highest BCUT2D eigenvalue weighted by molar-refractivity contribution is 6.32. The highest BCUT2D eigenvalue weighted by Gasteiger charge is 2.22. The second-order valence-electron chi connectivity index (χ2n) is 4.92. The van der Waals surface area contributed by atoms with Crippen molar-refractivity contribution in [3.05, 3.63) is 28.3 Å². The maximum atomic E-state index is 6.23. The van der Waals surface area contributed by atoms with Gasteiger partial charge in [-0.25, -0.2) is 0 Å². The summed E-state index contributed by atoms with van der Waals surface area (Å²) in [5, 5.41) is 4.24. The fourth-order valence-corrected chi connectivity index (χ4v) is 2.74. The van der Waals surface area contributed by atoms with Crippen molar-refractivity contribution in [1.82, 2.24) is 5.32 Å². The number of rotatable bonds is 3. The lowest BCUT2D eigenvalue weighted by Gasteiger charge is -2.20. The second-order valence-corrected chi connectivity index (χ2v) is 5.33. The van der Waals surface area contributed by atoms with Crippen molar-refractivity contribution in [2.75, 3.05) is 13.7 Å². The van der Waals surface area contributed by atoms with Crippen LogP contribution in [0, 0.1) is 0 Å². The predicted octanol–water partition coefficient (Wildman–Crippen LogP) is 3.90. The van der Waals surface area contributed by atoms with Crippen LogP contribution in [0.4, 0.5) is 0 Å². The van der Waals surface area contributed by atoms with E-state index in [-0.39, 0.29) is 0 Å². The minimum absolute atomic E-state index is 0.454. The molecule has 1 heterocycles. The van der Waals surface area contributed by atoms with Gasteiger partial charge < -0.3 is 10.1 Å². The molecule has 1 aliphatic rings. The Morgan fingerprint density at radius 3 is 2.71 bits per heavy atom. The van der Waals surface area contributed by atoms with E-state index in [4.69, 9.17) is 16.3 Å². The van der Waals surface area contributed by atoms with Gasteiger partial charge in [-0.3, -0.25) is 0 Å². The van der Waals surface area contributed by atoms with Gasteiger partial charge in [-0.05, 0) is 48.6 Å². The van der Waals surface area contributed by atoms with Crippen molar-refractivity contribution in [3.8, 4) is 5.75 Å². The zero-order chi connectivity index (χ0) is 12.4. The third-order valence-corrected chi connectivity index (χ3v) is 3.71. The maximum Gasteiger partial charge on any atom is 0.137 e. The Kier molecular flexibility index (Phi) is 3.95. The number of nitrogens with one attached hydrogen (secondary N) is 1. The van der Waals surface area contributed by atoms with Crippen LogP contribution in [-0.4, -0.2) is 13.7 Å². The fourth-order valence-electron chi connectivity index (χ4n) is 2.49. The minimum Gasteiger partial charge on any atom is -0.495 e. The summed E-state index contributed by atoms with van der Waals surface area (Å²) in [6.07, 6.45) is 2.44. The molecule has 1 aromatic carbocycles. The van der Waals surface area contributed by atoms with Gasteiger partial charge in [0.05, 0.1) is 12.1 Å². The Balaban J connectivity index is 2.44. The van der Waals surface area contributed by atoms with Crippen LogP contribution < -0.4 is 10.1 Å². The molecular weight excluding hydrogens is 234 g/mol. The van der Waals surface area contributed by atoms with Gasteiger partial charge in [-0.2, -0.15) is 0 Å². The molecule has 1 aromatic rings. The summed E-state index contributed by atoms with van der Waals surface area (Å²) in [5.41, 5.74) is 2.67. The number of methoxy groups -OCH3 is 1. The molecule has 1 unspecified atom stereocenters. The van der Waals surface area contributed by atoms with Gasteiger partial charge in [0.1, 0.15) is 5.75 Å². The number of hydrogen-bond acceptors (Lipinski definition) is 2. The Bertz CT molecular complexity index is 397. The van der Waals surface area contributed by atoms with Gasteiger partial charge in [0.15, 0.2) is 0 Å². The maximum absolute atomic E-state index is 6.23. The molecular formula is C14H20ClNO. The monoisotopic (exact) mass is 253 g/mol. The van der Waals surface area contributed by atoms with E-state index < -0.39 is 0 Å². The summed E-state index contributed by atoms with van der Waals surface area (Å²) in [6, 6.07) is 4.61. The van der Waals surface area contributed by atoms with Gasteiger partial charge in [-0.1, -0.05) is 25.4 Å². The van der Waals surface area contributed by atoms with Crippen LogP contribution in [0.3, 0.4) is 0 Å². The van der Waals surface area contributed by atoms with Crippen molar-refractivity contribution < 1.29 is 4.74 Å². The summed E-state index contributed by atoms with van der Waals surface area (Å²) in [6.45, 7) is 5.52. The van der Waals surface area contributed by atoms with Gasteiger partial charge in [0.25, 0.3) is 0 Å². The van der Waals surface area contributed by atoms with Gasteiger partial charge in [0.2, 0.25) is 0 Å². The lowest BCUT2D eigenvalue weighted by Crippen LogP contribution is -2.15. The normalized spacial score (nSPS) is 19.9. The number of benzene rings is 1. The molecule has 1 aliphatic heterocycles. The molecule has 1 fully saturated rings. The van der Waals surface area contributed by atoms with E-state index in [9.17, 15) is 0 Å². The number of ether oxygens (including phenoxy) is 1. The fraction of sp³-hybridized carbons (Fsp3) is 0.571. The van der Waals surface area contributed by atoms with Crippen LogP contribution in [0.15, 0.2) is 12.1 Å². The standard InChI is InChI=1S/C14H20ClNO/c1-9(2)10-8-14(17-3)12(15)7-11(10)13-5-4-6-16-13/h7-9,13,16H,4-6H2,1-3H3. The zero-order valence-electron chi connectivity index (χ0n) is 10.7. The van der Waals surface area contributed by atoms with Crippen LogP contribution in [0.1, 0.15) is 49.8 Å². The van der Waals surface area contributed by atoms with Crippen molar-refractivity contribution in [2.45, 2.75) is 38.6 Å². The zero-order valence-corrected chi connectivity index (χ0v) is 11.5. The molecule has 0 saturated carbocycles. The topological polar surface area (TPSA) is 21.3 Å². The number of halogens is 1. The molecule has 0 aromatic heterocycles. The van der Waals surface area contributed by atoms with E-state index in [0.717, 1.165) is 12.3 Å². The SMILES string of the molecule is COc1cc(C(C)C)c(C2CCCN2)cc1Cl. The van der Waals surface area contributed by atoms with E-state index in [1.807, 2.05) is 0 Å². The molecule has 1 atom stereocenters. The molecule has 17 heavy (non-hydrogen) atoms. The summed E-state index contributed by atoms with van der Waals surface area (Å²) < 4.78 is 5.30. The Morgan fingerprint density at radius 1 is 1.41 bits per heavy atom. The van der Waals surface area contributed by atoms with Crippen LogP contribution in [0.5, 0.6) is 5.75 Å².